The van der Waals surface area contributed by atoms with Crippen molar-refractivity contribution in [3.8, 4) is 5.69 Å². The van der Waals surface area contributed by atoms with Gasteiger partial charge in [-0.1, -0.05) is 11.6 Å². The van der Waals surface area contributed by atoms with E-state index in [9.17, 15) is 9.18 Å². The molecule has 1 aromatic heterocycles. The van der Waals surface area contributed by atoms with Crippen molar-refractivity contribution < 1.29 is 13.5 Å². The highest BCUT2D eigenvalue weighted by molar-refractivity contribution is 6.30. The fourth-order valence-electron chi connectivity index (χ4n) is 5.41. The first kappa shape index (κ1) is 24.5. The van der Waals surface area contributed by atoms with Gasteiger partial charge in [-0.05, 0) is 88.3 Å². The lowest BCUT2D eigenvalue weighted by Crippen LogP contribution is -2.50. The normalized spacial score (nSPS) is 20.7. The van der Waals surface area contributed by atoms with Crippen molar-refractivity contribution in [1.29, 1.82) is 0 Å². The van der Waals surface area contributed by atoms with Crippen LogP contribution < -0.4 is 10.9 Å². The maximum Gasteiger partial charge on any atom is 0.255 e. The Balaban J connectivity index is 1.55. The Bertz CT molecular complexity index is 1390. The fourth-order valence-corrected chi connectivity index (χ4v) is 5.74. The molecule has 1 atom stereocenters. The minimum absolute atomic E-state index is 0.0472. The number of pyridine rings is 1. The highest BCUT2D eigenvalue weighted by Gasteiger charge is 2.48. The van der Waals surface area contributed by atoms with Crippen LogP contribution in [0.4, 0.5) is 8.78 Å². The molecular formula is C28H28ClF2N3O2. The summed E-state index contributed by atoms with van der Waals surface area (Å²) in [6.45, 7) is 5.50. The van der Waals surface area contributed by atoms with Gasteiger partial charge in [0, 0.05) is 34.8 Å². The van der Waals surface area contributed by atoms with Crippen LogP contribution in [0.5, 0.6) is 0 Å². The predicted molar refractivity (Wildman–Crippen MR) is 137 cm³/mol. The zero-order chi connectivity index (χ0) is 25.6. The van der Waals surface area contributed by atoms with Crippen LogP contribution in [0.25, 0.3) is 11.4 Å². The Morgan fingerprint density at radius 2 is 1.75 bits per heavy atom. The predicted octanol–water partition coefficient (Wildman–Crippen LogP) is 5.50. The molecule has 0 spiro atoms. The van der Waals surface area contributed by atoms with Crippen LogP contribution in [0.3, 0.4) is 0 Å². The maximum atomic E-state index is 15.1. The van der Waals surface area contributed by atoms with Crippen LogP contribution in [0.1, 0.15) is 35.1 Å². The van der Waals surface area contributed by atoms with E-state index in [1.165, 1.54) is 18.2 Å². The molecule has 36 heavy (non-hydrogen) atoms. The summed E-state index contributed by atoms with van der Waals surface area (Å²) in [6, 6.07) is 10.5. The van der Waals surface area contributed by atoms with Gasteiger partial charge in [-0.2, -0.15) is 0 Å². The second kappa shape index (κ2) is 9.37. The number of ether oxygens (including phenoxy) is 1. The molecule has 5 rings (SSSR count). The molecule has 1 saturated heterocycles. The third kappa shape index (κ3) is 4.31. The van der Waals surface area contributed by atoms with E-state index in [4.69, 9.17) is 16.3 Å². The number of rotatable bonds is 4. The van der Waals surface area contributed by atoms with Crippen molar-refractivity contribution in [2.45, 2.75) is 32.4 Å². The number of nitrogens with one attached hydrogen (secondary N) is 1. The lowest BCUT2D eigenvalue weighted by atomic mass is 9.81. The molecule has 0 aliphatic carbocycles. The van der Waals surface area contributed by atoms with Gasteiger partial charge >= 0.3 is 0 Å². The largest absolute Gasteiger partial charge is 0.469 e. The van der Waals surface area contributed by atoms with Gasteiger partial charge in [0.25, 0.3) is 5.56 Å². The van der Waals surface area contributed by atoms with Gasteiger partial charge < -0.3 is 15.0 Å². The summed E-state index contributed by atoms with van der Waals surface area (Å²) in [5.41, 5.74) is 2.74. The molecule has 5 nitrogen and oxygen atoms in total. The summed E-state index contributed by atoms with van der Waals surface area (Å²) in [5.74, 6) is -1.34. The first-order valence-corrected chi connectivity index (χ1v) is 12.4. The number of piperidine rings is 1. The Hall–Kier alpha value is -3.16. The van der Waals surface area contributed by atoms with Crippen LogP contribution in [0.2, 0.25) is 5.02 Å². The topological polar surface area (TPSA) is 46.5 Å². The highest BCUT2D eigenvalue weighted by Crippen LogP contribution is 2.44. The van der Waals surface area contributed by atoms with Crippen LogP contribution in [-0.4, -0.2) is 29.6 Å². The number of likely N-dealkylation sites (tertiary alicyclic amines) is 1. The van der Waals surface area contributed by atoms with Crippen LogP contribution in [-0.2, 0) is 10.5 Å². The standard InChI is InChI=1S/C28H28ClF2N3O2/c1-17-12-21(29)13-18(2)27(17)34-15-19(4-7-26(34)35)25-16-36-28(32-25,20-8-10-33(3)11-9-20)23-6-5-22(30)14-24(23)31/h4-7,12-16,20,32H,8-11H2,1-3H3/t28-/m0/s1. The molecule has 0 radical (unpaired) electrons. The Kier molecular flexibility index (Phi) is 6.39. The number of hydrogen-bond acceptors (Lipinski definition) is 4. The van der Waals surface area contributed by atoms with Gasteiger partial charge in [-0.25, -0.2) is 8.78 Å². The number of halogens is 3. The molecule has 0 amide bonds. The van der Waals surface area contributed by atoms with Gasteiger partial charge in [0.2, 0.25) is 5.72 Å². The third-order valence-corrected chi connectivity index (χ3v) is 7.44. The van der Waals surface area contributed by atoms with Gasteiger partial charge in [0.1, 0.15) is 17.9 Å². The molecular weight excluding hydrogens is 484 g/mol. The molecule has 1 N–H and O–H groups in total. The molecule has 2 aliphatic rings. The molecule has 3 heterocycles. The van der Waals surface area contributed by atoms with E-state index in [0.717, 1.165) is 48.8 Å². The lowest BCUT2D eigenvalue weighted by Gasteiger charge is -2.42. The molecule has 2 aromatic carbocycles. The van der Waals surface area contributed by atoms with E-state index in [1.54, 1.807) is 23.1 Å². The van der Waals surface area contributed by atoms with Gasteiger partial charge in [0.15, 0.2) is 0 Å². The molecule has 2 aliphatic heterocycles. The molecule has 1 fully saturated rings. The number of hydrogen-bond donors (Lipinski definition) is 1. The summed E-state index contributed by atoms with van der Waals surface area (Å²) in [5, 5.41) is 4.05. The number of aryl methyl sites for hydroxylation is 2. The van der Waals surface area contributed by atoms with Crippen molar-refractivity contribution in [2.24, 2.45) is 5.92 Å². The summed E-state index contributed by atoms with van der Waals surface area (Å²) in [7, 11) is 2.05. The quantitative estimate of drug-likeness (QED) is 0.502. The molecule has 0 unspecified atom stereocenters. The summed E-state index contributed by atoms with van der Waals surface area (Å²) in [4.78, 5) is 15.1. The van der Waals surface area contributed by atoms with Crippen molar-refractivity contribution in [3.63, 3.8) is 0 Å². The molecule has 3 aromatic rings. The second-order valence-electron chi connectivity index (χ2n) is 9.73. The summed E-state index contributed by atoms with van der Waals surface area (Å²) < 4.78 is 36.7. The SMILES string of the molecule is Cc1cc(Cl)cc(C)c1-n1cc(C2=CO[C@](c3ccc(F)cc3F)(C3CCN(C)CC3)N2)ccc1=O. The van der Waals surface area contributed by atoms with E-state index >= 15 is 4.39 Å². The zero-order valence-electron chi connectivity index (χ0n) is 20.4. The Morgan fingerprint density at radius 3 is 2.42 bits per heavy atom. The number of aromatic nitrogens is 1. The smallest absolute Gasteiger partial charge is 0.255 e. The maximum absolute atomic E-state index is 15.1. The highest BCUT2D eigenvalue weighted by atomic mass is 35.5. The monoisotopic (exact) mass is 511 g/mol. The van der Waals surface area contributed by atoms with E-state index in [-0.39, 0.29) is 17.0 Å². The molecule has 188 valence electrons. The zero-order valence-corrected chi connectivity index (χ0v) is 21.2. The van der Waals surface area contributed by atoms with Crippen LogP contribution in [0.15, 0.2) is 59.7 Å². The molecule has 0 bridgehead atoms. The Labute approximate surface area is 214 Å². The van der Waals surface area contributed by atoms with Gasteiger partial charge in [-0.15, -0.1) is 0 Å². The summed E-state index contributed by atoms with van der Waals surface area (Å²) >= 11 is 6.20. The average Bonchev–Trinajstić information content (AvgIpc) is 3.26. The van der Waals surface area contributed by atoms with Crippen LogP contribution >= 0.6 is 11.6 Å². The minimum atomic E-state index is -1.18. The van der Waals surface area contributed by atoms with Crippen LogP contribution in [0, 0.1) is 31.4 Å². The molecule has 8 heteroatoms. The minimum Gasteiger partial charge on any atom is -0.469 e. The van der Waals surface area contributed by atoms with Crippen molar-refractivity contribution in [3.05, 3.63) is 104 Å². The van der Waals surface area contributed by atoms with Crippen molar-refractivity contribution in [1.82, 2.24) is 14.8 Å². The first-order valence-electron chi connectivity index (χ1n) is 12.0. The second-order valence-corrected chi connectivity index (χ2v) is 10.2. The van der Waals surface area contributed by atoms with Crippen molar-refractivity contribution >= 4 is 17.3 Å². The van der Waals surface area contributed by atoms with E-state index < -0.39 is 17.4 Å². The number of nitrogens with zero attached hydrogens (tertiary/aromatic N) is 2. The molecule has 0 saturated carbocycles. The average molecular weight is 512 g/mol. The fraction of sp³-hybridized carbons (Fsp3) is 0.321. The van der Waals surface area contributed by atoms with E-state index in [0.29, 0.717) is 16.3 Å². The number of benzene rings is 2. The van der Waals surface area contributed by atoms with Gasteiger partial charge in [-0.3, -0.25) is 9.36 Å². The first-order chi connectivity index (χ1) is 17.2. The van der Waals surface area contributed by atoms with E-state index in [1.807, 2.05) is 26.0 Å². The van der Waals surface area contributed by atoms with E-state index in [2.05, 4.69) is 17.3 Å². The lowest BCUT2D eigenvalue weighted by molar-refractivity contribution is -0.0592. The van der Waals surface area contributed by atoms with Gasteiger partial charge in [0.05, 0.1) is 16.9 Å². The third-order valence-electron chi connectivity index (χ3n) is 7.23. The Morgan fingerprint density at radius 1 is 1.06 bits per heavy atom. The van der Waals surface area contributed by atoms with Crippen molar-refractivity contribution in [2.75, 3.05) is 20.1 Å². The summed E-state index contributed by atoms with van der Waals surface area (Å²) in [6.07, 6.45) is 4.89.